The minimum atomic E-state index is -0.439. The maximum atomic E-state index is 13.7. The minimum Gasteiger partial charge on any atom is -0.435 e. The van der Waals surface area contributed by atoms with E-state index >= 15 is 0 Å². The lowest BCUT2D eigenvalue weighted by atomic mass is 10.2. The van der Waals surface area contributed by atoms with Crippen molar-refractivity contribution in [3.05, 3.63) is 54.1 Å². The average Bonchev–Trinajstić information content (AvgIpc) is 2.43. The van der Waals surface area contributed by atoms with Crippen molar-refractivity contribution in [2.45, 2.75) is 6.92 Å². The lowest BCUT2D eigenvalue weighted by Gasteiger charge is -2.09. The van der Waals surface area contributed by atoms with Crippen molar-refractivity contribution in [1.29, 1.82) is 0 Å². The Balaban J connectivity index is 2.10. The van der Waals surface area contributed by atoms with E-state index in [4.69, 9.17) is 10.5 Å². The van der Waals surface area contributed by atoms with Crippen LogP contribution in [0.5, 0.6) is 11.6 Å². The Kier molecular flexibility index (Phi) is 2.95. The summed E-state index contributed by atoms with van der Waals surface area (Å²) in [6.45, 7) is 1.86. The molecule has 0 saturated carbocycles. The van der Waals surface area contributed by atoms with E-state index in [9.17, 15) is 4.39 Å². The van der Waals surface area contributed by atoms with E-state index in [0.717, 1.165) is 5.56 Å². The number of nitrogens with zero attached hydrogens (tertiary/aromatic N) is 2. The molecule has 0 spiro atoms. The molecular weight excluding hydrogens is 257 g/mol. The third-order valence-corrected chi connectivity index (χ3v) is 2.92. The van der Waals surface area contributed by atoms with Crippen LogP contribution in [-0.4, -0.2) is 9.97 Å². The van der Waals surface area contributed by atoms with Gasteiger partial charge in [0.05, 0.1) is 10.9 Å². The first kappa shape index (κ1) is 12.3. The highest BCUT2D eigenvalue weighted by Gasteiger charge is 2.10. The van der Waals surface area contributed by atoms with Crippen LogP contribution in [0.1, 0.15) is 5.56 Å². The number of aromatic nitrogens is 2. The maximum Gasteiger partial charge on any atom is 0.230 e. The Hall–Kier alpha value is -2.69. The first-order valence-electron chi connectivity index (χ1n) is 6.08. The lowest BCUT2D eigenvalue weighted by Crippen LogP contribution is -1.95. The molecular formula is C15H12FN3O. The van der Waals surface area contributed by atoms with Crippen LogP contribution in [-0.2, 0) is 0 Å². The molecule has 0 saturated heterocycles. The van der Waals surface area contributed by atoms with Crippen LogP contribution in [0.15, 0.2) is 42.7 Å². The van der Waals surface area contributed by atoms with E-state index in [2.05, 4.69) is 9.97 Å². The fraction of sp³-hybridized carbons (Fsp3) is 0.0667. The summed E-state index contributed by atoms with van der Waals surface area (Å²) in [6.07, 6.45) is 1.38. The quantitative estimate of drug-likeness (QED) is 0.724. The minimum absolute atomic E-state index is 0.132. The van der Waals surface area contributed by atoms with Gasteiger partial charge in [-0.25, -0.2) is 14.4 Å². The summed E-state index contributed by atoms with van der Waals surface area (Å²) >= 11 is 0. The summed E-state index contributed by atoms with van der Waals surface area (Å²) in [6, 6.07) is 9.88. The number of fused-ring (bicyclic) bond motifs is 1. The third kappa shape index (κ3) is 2.25. The molecule has 3 rings (SSSR count). The van der Waals surface area contributed by atoms with Gasteiger partial charge in [-0.15, -0.1) is 0 Å². The van der Waals surface area contributed by atoms with Gasteiger partial charge in [-0.3, -0.25) is 0 Å². The molecule has 0 unspecified atom stereocenters. The Morgan fingerprint density at radius 1 is 1.10 bits per heavy atom. The summed E-state index contributed by atoms with van der Waals surface area (Å²) in [7, 11) is 0. The van der Waals surface area contributed by atoms with Crippen molar-refractivity contribution < 1.29 is 9.13 Å². The standard InChI is InChI=1S/C15H12FN3O/c1-9-2-4-12(16)14(6-9)20-15-11-7-10(17)3-5-13(11)18-8-19-15/h2-8H,17H2,1H3. The molecule has 1 aromatic heterocycles. The number of nitrogens with two attached hydrogens (primary N) is 1. The summed E-state index contributed by atoms with van der Waals surface area (Å²) < 4.78 is 19.3. The molecule has 0 amide bonds. The molecule has 0 aliphatic carbocycles. The molecule has 4 nitrogen and oxygen atoms in total. The number of nitrogen functional groups attached to an aromatic ring is 1. The molecule has 2 aromatic carbocycles. The van der Waals surface area contributed by atoms with Crippen LogP contribution < -0.4 is 10.5 Å². The Labute approximate surface area is 115 Å². The highest BCUT2D eigenvalue weighted by atomic mass is 19.1. The van der Waals surface area contributed by atoms with Crippen LogP contribution in [0.2, 0.25) is 0 Å². The second-order valence-electron chi connectivity index (χ2n) is 4.49. The lowest BCUT2D eigenvalue weighted by molar-refractivity contribution is 0.431. The zero-order valence-corrected chi connectivity index (χ0v) is 10.8. The second-order valence-corrected chi connectivity index (χ2v) is 4.49. The number of hydrogen-bond acceptors (Lipinski definition) is 4. The van der Waals surface area contributed by atoms with E-state index in [-0.39, 0.29) is 11.6 Å². The van der Waals surface area contributed by atoms with Crippen LogP contribution >= 0.6 is 0 Å². The molecule has 20 heavy (non-hydrogen) atoms. The molecule has 2 N–H and O–H groups in total. The van der Waals surface area contributed by atoms with Gasteiger partial charge in [-0.1, -0.05) is 6.07 Å². The smallest absolute Gasteiger partial charge is 0.230 e. The van der Waals surface area contributed by atoms with Gasteiger partial charge in [-0.2, -0.15) is 0 Å². The van der Waals surface area contributed by atoms with Crippen LogP contribution in [0, 0.1) is 12.7 Å². The summed E-state index contributed by atoms with van der Waals surface area (Å²) in [5.41, 5.74) is 7.92. The van der Waals surface area contributed by atoms with Gasteiger partial charge < -0.3 is 10.5 Å². The average molecular weight is 269 g/mol. The van der Waals surface area contributed by atoms with Crippen molar-refractivity contribution in [3.8, 4) is 11.6 Å². The third-order valence-electron chi connectivity index (χ3n) is 2.92. The number of benzene rings is 2. The number of hydrogen-bond donors (Lipinski definition) is 1. The van der Waals surface area contributed by atoms with Crippen LogP contribution in [0.4, 0.5) is 10.1 Å². The van der Waals surface area contributed by atoms with Gasteiger partial charge in [0, 0.05) is 5.69 Å². The Morgan fingerprint density at radius 2 is 1.95 bits per heavy atom. The maximum absolute atomic E-state index is 13.7. The molecule has 0 bridgehead atoms. The normalized spacial score (nSPS) is 10.7. The van der Waals surface area contributed by atoms with Gasteiger partial charge in [0.1, 0.15) is 6.33 Å². The van der Waals surface area contributed by atoms with Crippen molar-refractivity contribution in [2.75, 3.05) is 5.73 Å². The first-order chi connectivity index (χ1) is 9.63. The molecule has 3 aromatic rings. The molecule has 100 valence electrons. The highest BCUT2D eigenvalue weighted by Crippen LogP contribution is 2.29. The topological polar surface area (TPSA) is 61.0 Å². The van der Waals surface area contributed by atoms with Gasteiger partial charge in [0.2, 0.25) is 5.88 Å². The zero-order valence-electron chi connectivity index (χ0n) is 10.8. The molecule has 0 atom stereocenters. The summed E-state index contributed by atoms with van der Waals surface area (Å²) in [4.78, 5) is 8.18. The molecule has 1 heterocycles. The van der Waals surface area contributed by atoms with E-state index < -0.39 is 5.82 Å². The number of halogens is 1. The zero-order chi connectivity index (χ0) is 14.1. The second kappa shape index (κ2) is 4.77. The Morgan fingerprint density at radius 3 is 2.80 bits per heavy atom. The molecule has 0 aliphatic heterocycles. The summed E-state index contributed by atoms with van der Waals surface area (Å²) in [5.74, 6) is -0.0227. The van der Waals surface area contributed by atoms with Gasteiger partial charge in [-0.05, 0) is 42.8 Å². The number of anilines is 1. The largest absolute Gasteiger partial charge is 0.435 e. The van der Waals surface area contributed by atoms with Crippen LogP contribution in [0.25, 0.3) is 10.9 Å². The van der Waals surface area contributed by atoms with E-state index in [1.165, 1.54) is 12.4 Å². The molecule has 0 radical (unpaired) electrons. The van der Waals surface area contributed by atoms with Gasteiger partial charge >= 0.3 is 0 Å². The van der Waals surface area contributed by atoms with E-state index in [0.29, 0.717) is 16.6 Å². The molecule has 5 heteroatoms. The Bertz CT molecular complexity index is 789. The fourth-order valence-corrected chi connectivity index (χ4v) is 1.92. The van der Waals surface area contributed by atoms with Gasteiger partial charge in [0.25, 0.3) is 0 Å². The van der Waals surface area contributed by atoms with E-state index in [1.54, 1.807) is 30.3 Å². The first-order valence-corrected chi connectivity index (χ1v) is 6.08. The number of ether oxygens (including phenoxy) is 1. The van der Waals surface area contributed by atoms with Crippen molar-refractivity contribution in [1.82, 2.24) is 9.97 Å². The SMILES string of the molecule is Cc1ccc(F)c(Oc2ncnc3ccc(N)cc23)c1. The molecule has 0 fully saturated rings. The predicted molar refractivity (Wildman–Crippen MR) is 75.2 cm³/mol. The van der Waals surface area contributed by atoms with Crippen molar-refractivity contribution in [3.63, 3.8) is 0 Å². The van der Waals surface area contributed by atoms with Crippen molar-refractivity contribution >= 4 is 16.6 Å². The van der Waals surface area contributed by atoms with Crippen molar-refractivity contribution in [2.24, 2.45) is 0 Å². The fourth-order valence-electron chi connectivity index (χ4n) is 1.92. The number of aryl methyl sites for hydroxylation is 1. The van der Waals surface area contributed by atoms with Crippen LogP contribution in [0.3, 0.4) is 0 Å². The highest BCUT2D eigenvalue weighted by molar-refractivity contribution is 5.86. The monoisotopic (exact) mass is 269 g/mol. The van der Waals surface area contributed by atoms with Gasteiger partial charge in [0.15, 0.2) is 11.6 Å². The summed E-state index contributed by atoms with van der Waals surface area (Å²) in [5, 5.41) is 0.647. The molecule has 0 aliphatic rings. The number of rotatable bonds is 2. The van der Waals surface area contributed by atoms with E-state index in [1.807, 2.05) is 6.92 Å². The predicted octanol–water partition coefficient (Wildman–Crippen LogP) is 3.45.